The molecule has 110 valence electrons. The lowest BCUT2D eigenvalue weighted by atomic mass is 9.91. The van der Waals surface area contributed by atoms with Crippen LogP contribution in [0.4, 0.5) is 0 Å². The van der Waals surface area contributed by atoms with Crippen LogP contribution in [0.1, 0.15) is 37.4 Å². The van der Waals surface area contributed by atoms with E-state index in [-0.39, 0.29) is 11.9 Å². The number of nitrogens with zero attached hydrogens (tertiary/aromatic N) is 1. The van der Waals surface area contributed by atoms with Crippen LogP contribution < -0.4 is 5.32 Å². The fourth-order valence-corrected chi connectivity index (χ4v) is 2.76. The number of aryl methyl sites for hydroxylation is 1. The normalized spacial score (nSPS) is 19.2. The minimum absolute atomic E-state index is 0.00929. The second-order valence-corrected chi connectivity index (χ2v) is 5.87. The van der Waals surface area contributed by atoms with Gasteiger partial charge in [0, 0.05) is 13.1 Å². The van der Waals surface area contributed by atoms with Crippen LogP contribution in [0, 0.1) is 6.92 Å². The number of likely N-dealkylation sites (tertiary alicyclic amines) is 1. The average molecular weight is 276 g/mol. The van der Waals surface area contributed by atoms with Crippen molar-refractivity contribution in [2.24, 2.45) is 0 Å². The lowest BCUT2D eigenvalue weighted by molar-refractivity contribution is -0.133. The van der Waals surface area contributed by atoms with Crippen LogP contribution in [0.2, 0.25) is 0 Å². The van der Waals surface area contributed by atoms with E-state index in [4.69, 9.17) is 0 Å². The van der Waals surface area contributed by atoms with Gasteiger partial charge in [0.1, 0.15) is 0 Å². The highest BCUT2D eigenvalue weighted by Gasteiger charge is 2.39. The van der Waals surface area contributed by atoms with E-state index in [2.05, 4.69) is 18.3 Å². The van der Waals surface area contributed by atoms with Crippen LogP contribution in [0.3, 0.4) is 0 Å². The number of rotatable bonds is 5. The highest BCUT2D eigenvalue weighted by molar-refractivity contribution is 5.78. The summed E-state index contributed by atoms with van der Waals surface area (Å²) in [6, 6.07) is 8.09. The molecule has 1 aliphatic heterocycles. The summed E-state index contributed by atoms with van der Waals surface area (Å²) >= 11 is 0. The summed E-state index contributed by atoms with van der Waals surface area (Å²) in [4.78, 5) is 14.0. The van der Waals surface area contributed by atoms with E-state index in [1.807, 2.05) is 36.9 Å². The maximum absolute atomic E-state index is 12.0. The molecule has 1 fully saturated rings. The molecule has 1 atom stereocenters. The van der Waals surface area contributed by atoms with Gasteiger partial charge in [-0.3, -0.25) is 9.69 Å². The van der Waals surface area contributed by atoms with Gasteiger partial charge >= 0.3 is 0 Å². The largest absolute Gasteiger partial charge is 0.387 e. The van der Waals surface area contributed by atoms with Gasteiger partial charge in [-0.05, 0) is 31.4 Å². The van der Waals surface area contributed by atoms with Crippen molar-refractivity contribution < 1.29 is 9.90 Å². The predicted molar refractivity (Wildman–Crippen MR) is 79.4 cm³/mol. The Kier molecular flexibility index (Phi) is 4.45. The fraction of sp³-hybridized carbons (Fsp3) is 0.562. The smallest absolute Gasteiger partial charge is 0.234 e. The molecule has 0 radical (unpaired) electrons. The third-order valence-electron chi connectivity index (χ3n) is 4.09. The van der Waals surface area contributed by atoms with Crippen molar-refractivity contribution in [1.29, 1.82) is 0 Å². The van der Waals surface area contributed by atoms with E-state index in [0.717, 1.165) is 12.0 Å². The van der Waals surface area contributed by atoms with Crippen molar-refractivity contribution in [3.63, 3.8) is 0 Å². The first-order chi connectivity index (χ1) is 9.43. The number of hydrogen-bond donors (Lipinski definition) is 2. The SMILES string of the molecule is CCC1(O)CN(CC(=O)NC(C)c2ccccc2C)C1. The van der Waals surface area contributed by atoms with E-state index in [9.17, 15) is 9.90 Å². The molecule has 1 heterocycles. The van der Waals surface area contributed by atoms with Crippen molar-refractivity contribution in [3.8, 4) is 0 Å². The number of aliphatic hydroxyl groups is 1. The number of amides is 1. The number of benzene rings is 1. The quantitative estimate of drug-likeness (QED) is 0.859. The summed E-state index contributed by atoms with van der Waals surface area (Å²) in [6.07, 6.45) is 0.741. The Morgan fingerprint density at radius 2 is 2.10 bits per heavy atom. The maximum Gasteiger partial charge on any atom is 0.234 e. The molecule has 1 amide bonds. The average Bonchev–Trinajstić information content (AvgIpc) is 2.37. The van der Waals surface area contributed by atoms with Crippen molar-refractivity contribution in [2.45, 2.75) is 38.8 Å². The maximum atomic E-state index is 12.0. The van der Waals surface area contributed by atoms with Crippen LogP contribution in [-0.2, 0) is 4.79 Å². The summed E-state index contributed by atoms with van der Waals surface area (Å²) in [5, 5.41) is 12.9. The first-order valence-corrected chi connectivity index (χ1v) is 7.23. The number of carbonyl (C=O) groups excluding carboxylic acids is 1. The topological polar surface area (TPSA) is 52.6 Å². The Labute approximate surface area is 120 Å². The minimum atomic E-state index is -0.581. The first-order valence-electron chi connectivity index (χ1n) is 7.23. The number of nitrogens with one attached hydrogen (secondary N) is 1. The van der Waals surface area contributed by atoms with Crippen LogP contribution in [-0.4, -0.2) is 41.1 Å². The second-order valence-electron chi connectivity index (χ2n) is 5.87. The van der Waals surface area contributed by atoms with Crippen LogP contribution in [0.5, 0.6) is 0 Å². The lowest BCUT2D eigenvalue weighted by Crippen LogP contribution is -2.63. The van der Waals surface area contributed by atoms with Crippen molar-refractivity contribution in [2.75, 3.05) is 19.6 Å². The molecular weight excluding hydrogens is 252 g/mol. The van der Waals surface area contributed by atoms with Crippen LogP contribution >= 0.6 is 0 Å². The standard InChI is InChI=1S/C16H24N2O2/c1-4-16(20)10-18(11-16)9-15(19)17-13(3)14-8-6-5-7-12(14)2/h5-8,13,20H,4,9-11H2,1-3H3,(H,17,19). The van der Waals surface area contributed by atoms with E-state index < -0.39 is 5.60 Å². The van der Waals surface area contributed by atoms with E-state index in [1.165, 1.54) is 5.56 Å². The Morgan fingerprint density at radius 1 is 1.45 bits per heavy atom. The molecule has 1 unspecified atom stereocenters. The zero-order chi connectivity index (χ0) is 14.8. The van der Waals surface area contributed by atoms with Gasteiger partial charge in [0.25, 0.3) is 0 Å². The Hall–Kier alpha value is -1.39. The molecule has 0 bridgehead atoms. The zero-order valence-electron chi connectivity index (χ0n) is 12.5. The molecular formula is C16H24N2O2. The number of β-amino-alcohol motifs (C(OH)–C–C–N with tert-alkyl or cyclic N) is 1. The molecule has 2 rings (SSSR count). The zero-order valence-corrected chi connectivity index (χ0v) is 12.5. The van der Waals surface area contributed by atoms with Gasteiger partial charge in [-0.15, -0.1) is 0 Å². The van der Waals surface area contributed by atoms with Crippen molar-refractivity contribution in [1.82, 2.24) is 10.2 Å². The summed E-state index contributed by atoms with van der Waals surface area (Å²) in [6.45, 7) is 7.56. The third kappa shape index (κ3) is 3.38. The molecule has 1 aromatic rings. The molecule has 20 heavy (non-hydrogen) atoms. The van der Waals surface area contributed by atoms with Gasteiger partial charge in [-0.2, -0.15) is 0 Å². The Bertz CT molecular complexity index is 481. The Balaban J connectivity index is 1.82. The summed E-state index contributed by atoms with van der Waals surface area (Å²) < 4.78 is 0. The molecule has 1 aromatic carbocycles. The lowest BCUT2D eigenvalue weighted by Gasteiger charge is -2.45. The molecule has 0 saturated carbocycles. The fourth-order valence-electron chi connectivity index (χ4n) is 2.76. The molecule has 0 aromatic heterocycles. The molecule has 1 saturated heterocycles. The van der Waals surface area contributed by atoms with Gasteiger partial charge < -0.3 is 10.4 Å². The minimum Gasteiger partial charge on any atom is -0.387 e. The third-order valence-corrected chi connectivity index (χ3v) is 4.09. The number of carbonyl (C=O) groups is 1. The van der Waals surface area contributed by atoms with Gasteiger partial charge in [0.2, 0.25) is 5.91 Å². The predicted octanol–water partition coefficient (Wildman–Crippen LogP) is 1.63. The molecule has 2 N–H and O–H groups in total. The number of hydrogen-bond acceptors (Lipinski definition) is 3. The van der Waals surface area contributed by atoms with Gasteiger partial charge in [0.05, 0.1) is 18.2 Å². The highest BCUT2D eigenvalue weighted by Crippen LogP contribution is 2.23. The monoisotopic (exact) mass is 276 g/mol. The van der Waals surface area contributed by atoms with Crippen molar-refractivity contribution >= 4 is 5.91 Å². The van der Waals surface area contributed by atoms with Gasteiger partial charge in [-0.25, -0.2) is 0 Å². The highest BCUT2D eigenvalue weighted by atomic mass is 16.3. The first kappa shape index (κ1) is 15.0. The van der Waals surface area contributed by atoms with Gasteiger partial charge in [-0.1, -0.05) is 31.2 Å². The molecule has 4 heteroatoms. The van der Waals surface area contributed by atoms with E-state index in [0.29, 0.717) is 19.6 Å². The van der Waals surface area contributed by atoms with E-state index in [1.54, 1.807) is 0 Å². The summed E-state index contributed by atoms with van der Waals surface area (Å²) in [5.74, 6) is 0.0129. The summed E-state index contributed by atoms with van der Waals surface area (Å²) in [7, 11) is 0. The van der Waals surface area contributed by atoms with Crippen LogP contribution in [0.25, 0.3) is 0 Å². The summed E-state index contributed by atoms with van der Waals surface area (Å²) in [5.41, 5.74) is 1.75. The van der Waals surface area contributed by atoms with Crippen LogP contribution in [0.15, 0.2) is 24.3 Å². The molecule has 4 nitrogen and oxygen atoms in total. The molecule has 0 aliphatic carbocycles. The second kappa shape index (κ2) is 5.94. The van der Waals surface area contributed by atoms with Crippen molar-refractivity contribution in [3.05, 3.63) is 35.4 Å². The molecule has 0 spiro atoms. The Morgan fingerprint density at radius 3 is 2.70 bits per heavy atom. The molecule has 1 aliphatic rings. The van der Waals surface area contributed by atoms with Gasteiger partial charge in [0.15, 0.2) is 0 Å². The van der Waals surface area contributed by atoms with E-state index >= 15 is 0 Å².